The molecule has 0 unspecified atom stereocenters. The standard InChI is InChI=1S/C12H24AsN3S/c17-13(14-7-1-2-8-14,15-9-3-4-10-15)16-11-5-6-12-16/h1-12H2. The third kappa shape index (κ3) is 2.28. The molecule has 0 N–H and O–H groups in total. The third-order valence-corrected chi connectivity index (χ3v) is 15.1. The summed E-state index contributed by atoms with van der Waals surface area (Å²) in [5.41, 5.74) is 0. The molecule has 3 fully saturated rings. The minimum absolute atomic E-state index is 1.28. The van der Waals surface area contributed by atoms with Crippen LogP contribution in [0.3, 0.4) is 0 Å². The van der Waals surface area contributed by atoms with Crippen LogP contribution in [0.4, 0.5) is 0 Å². The van der Waals surface area contributed by atoms with Gasteiger partial charge in [0, 0.05) is 0 Å². The van der Waals surface area contributed by atoms with Crippen molar-refractivity contribution in [3.05, 3.63) is 0 Å². The Bertz CT molecular complexity index is 257. The first-order chi connectivity index (χ1) is 8.32. The summed E-state index contributed by atoms with van der Waals surface area (Å²) >= 11 is -2.27. The van der Waals surface area contributed by atoms with Crippen LogP contribution in [-0.2, 0) is 0 Å². The molecule has 0 spiro atoms. The molecule has 0 radical (unpaired) electrons. The van der Waals surface area contributed by atoms with Crippen molar-refractivity contribution in [1.29, 1.82) is 0 Å². The zero-order valence-corrected chi connectivity index (χ0v) is 13.4. The van der Waals surface area contributed by atoms with Crippen molar-refractivity contribution < 1.29 is 0 Å². The van der Waals surface area contributed by atoms with Crippen molar-refractivity contribution in [2.24, 2.45) is 0 Å². The van der Waals surface area contributed by atoms with Crippen LogP contribution in [0, 0.1) is 0 Å². The van der Waals surface area contributed by atoms with Crippen molar-refractivity contribution in [1.82, 2.24) is 11.5 Å². The summed E-state index contributed by atoms with van der Waals surface area (Å²) in [7, 11) is 6.33. The number of hydrogen-bond acceptors (Lipinski definition) is 1. The molecule has 0 aliphatic carbocycles. The molecule has 3 nitrogen and oxygen atoms in total. The molecular formula is C12H24AsN3S. The molecule has 0 aromatic heterocycles. The van der Waals surface area contributed by atoms with Crippen molar-refractivity contribution in [3.63, 3.8) is 0 Å². The van der Waals surface area contributed by atoms with Gasteiger partial charge in [0.1, 0.15) is 0 Å². The van der Waals surface area contributed by atoms with Gasteiger partial charge in [0.05, 0.1) is 0 Å². The molecule has 0 bridgehead atoms. The van der Waals surface area contributed by atoms with E-state index in [1.54, 1.807) is 0 Å². The maximum atomic E-state index is 6.33. The van der Waals surface area contributed by atoms with Crippen molar-refractivity contribution in [3.8, 4) is 0 Å². The monoisotopic (exact) mass is 317 g/mol. The van der Waals surface area contributed by atoms with Gasteiger partial charge in [-0.2, -0.15) is 0 Å². The Balaban J connectivity index is 1.84. The SMILES string of the molecule is S=[As](N1CCCC1)(N1CCCC1)N1CCCC1. The van der Waals surface area contributed by atoms with Gasteiger partial charge in [-0.25, -0.2) is 0 Å². The van der Waals surface area contributed by atoms with E-state index in [0.717, 1.165) is 0 Å². The molecule has 3 aliphatic rings. The molecule has 0 saturated carbocycles. The molecule has 0 atom stereocenters. The molecule has 0 aromatic carbocycles. The van der Waals surface area contributed by atoms with Gasteiger partial charge in [0.25, 0.3) is 0 Å². The van der Waals surface area contributed by atoms with E-state index in [-0.39, 0.29) is 0 Å². The molecule has 0 aromatic rings. The van der Waals surface area contributed by atoms with Crippen molar-refractivity contribution >= 4 is 22.9 Å². The average molecular weight is 317 g/mol. The molecule has 98 valence electrons. The Morgan fingerprint density at radius 1 is 0.529 bits per heavy atom. The fourth-order valence-electron chi connectivity index (χ4n) is 3.42. The van der Waals surface area contributed by atoms with Crippen molar-refractivity contribution in [2.45, 2.75) is 38.5 Å². The van der Waals surface area contributed by atoms with Crippen molar-refractivity contribution in [2.75, 3.05) is 39.3 Å². The molecule has 3 heterocycles. The summed E-state index contributed by atoms with van der Waals surface area (Å²) in [5, 5.41) is 0. The van der Waals surface area contributed by atoms with Gasteiger partial charge >= 0.3 is 112 Å². The number of nitrogens with zero attached hydrogens (tertiary/aromatic N) is 3. The van der Waals surface area contributed by atoms with Crippen LogP contribution in [0.1, 0.15) is 38.5 Å². The zero-order valence-electron chi connectivity index (χ0n) is 10.7. The average Bonchev–Trinajstić information content (AvgIpc) is 3.10. The quantitative estimate of drug-likeness (QED) is 0.735. The zero-order chi connectivity index (χ0) is 11.7. The second-order valence-corrected chi connectivity index (χ2v) is 13.8. The van der Waals surface area contributed by atoms with E-state index in [9.17, 15) is 0 Å². The third-order valence-electron chi connectivity index (χ3n) is 4.35. The minimum atomic E-state index is -2.27. The topological polar surface area (TPSA) is 9.72 Å². The van der Waals surface area contributed by atoms with E-state index in [1.165, 1.54) is 77.8 Å². The van der Waals surface area contributed by atoms with Crippen LogP contribution in [0.2, 0.25) is 0 Å². The van der Waals surface area contributed by atoms with Gasteiger partial charge in [-0.1, -0.05) is 0 Å². The van der Waals surface area contributed by atoms with E-state index < -0.39 is 12.6 Å². The van der Waals surface area contributed by atoms with E-state index in [2.05, 4.69) is 11.5 Å². The molecular weight excluding hydrogens is 293 g/mol. The van der Waals surface area contributed by atoms with Crippen LogP contribution in [0.15, 0.2) is 0 Å². The van der Waals surface area contributed by atoms with Gasteiger partial charge in [-0.15, -0.1) is 0 Å². The molecule has 17 heavy (non-hydrogen) atoms. The Labute approximate surface area is 112 Å². The molecule has 3 aliphatic heterocycles. The number of hydrogen-bond donors (Lipinski definition) is 0. The first-order valence-electron chi connectivity index (χ1n) is 7.18. The van der Waals surface area contributed by atoms with Crippen LogP contribution in [-0.4, -0.2) is 63.3 Å². The van der Waals surface area contributed by atoms with Gasteiger partial charge in [-0.05, 0) is 0 Å². The predicted octanol–water partition coefficient (Wildman–Crippen LogP) is 1.91. The maximum absolute atomic E-state index is 6.33. The number of rotatable bonds is 3. The van der Waals surface area contributed by atoms with Gasteiger partial charge < -0.3 is 0 Å². The fourth-order valence-corrected chi connectivity index (χ4v) is 13.3. The van der Waals surface area contributed by atoms with Gasteiger partial charge in [0.2, 0.25) is 0 Å². The van der Waals surface area contributed by atoms with Crippen LogP contribution in [0.25, 0.3) is 0 Å². The normalized spacial score (nSPS) is 29.4. The van der Waals surface area contributed by atoms with E-state index in [0.29, 0.717) is 0 Å². The molecule has 3 rings (SSSR count). The Morgan fingerprint density at radius 2 is 0.765 bits per heavy atom. The second kappa shape index (κ2) is 5.34. The summed E-state index contributed by atoms with van der Waals surface area (Å²) in [4.78, 5) is 0. The summed E-state index contributed by atoms with van der Waals surface area (Å²) < 4.78 is 8.22. The summed E-state index contributed by atoms with van der Waals surface area (Å²) in [6, 6.07) is 0. The summed E-state index contributed by atoms with van der Waals surface area (Å²) in [5.74, 6) is 0. The fraction of sp³-hybridized carbons (Fsp3) is 1.00. The first-order valence-corrected chi connectivity index (χ1v) is 12.4. The van der Waals surface area contributed by atoms with E-state index >= 15 is 0 Å². The van der Waals surface area contributed by atoms with Gasteiger partial charge in [-0.3, -0.25) is 0 Å². The predicted molar refractivity (Wildman–Crippen MR) is 75.8 cm³/mol. The van der Waals surface area contributed by atoms with Crippen LogP contribution >= 0.6 is 10.4 Å². The molecule has 5 heteroatoms. The Morgan fingerprint density at radius 3 is 1.00 bits per heavy atom. The molecule has 0 amide bonds. The summed E-state index contributed by atoms with van der Waals surface area (Å²) in [6.45, 7) is 7.69. The van der Waals surface area contributed by atoms with Gasteiger partial charge in [0.15, 0.2) is 0 Å². The molecule has 3 saturated heterocycles. The first kappa shape index (κ1) is 12.7. The Kier molecular flexibility index (Phi) is 3.98. The van der Waals surface area contributed by atoms with E-state index in [1.807, 2.05) is 0 Å². The summed E-state index contributed by atoms with van der Waals surface area (Å²) in [6.07, 6.45) is 8.26. The van der Waals surface area contributed by atoms with E-state index in [4.69, 9.17) is 10.4 Å². The van der Waals surface area contributed by atoms with Crippen LogP contribution in [0.5, 0.6) is 0 Å². The van der Waals surface area contributed by atoms with Crippen LogP contribution < -0.4 is 0 Å². The second-order valence-electron chi connectivity index (χ2n) is 5.50. The Hall–Kier alpha value is 0.658.